The van der Waals surface area contributed by atoms with E-state index in [4.69, 9.17) is 8.94 Å². The van der Waals surface area contributed by atoms with Crippen molar-refractivity contribution in [1.29, 1.82) is 0 Å². The molecule has 1 aliphatic rings. The van der Waals surface area contributed by atoms with Crippen molar-refractivity contribution in [2.24, 2.45) is 5.92 Å². The summed E-state index contributed by atoms with van der Waals surface area (Å²) in [5.74, 6) is 0.834. The van der Waals surface area contributed by atoms with Gasteiger partial charge < -0.3 is 24.7 Å². The number of aliphatic hydroxyl groups is 1. The van der Waals surface area contributed by atoms with Gasteiger partial charge in [-0.2, -0.15) is 4.98 Å². The van der Waals surface area contributed by atoms with Crippen LogP contribution in [0, 0.1) is 5.92 Å². The number of rotatable bonds is 6. The van der Waals surface area contributed by atoms with Gasteiger partial charge in [-0.1, -0.05) is 5.16 Å². The standard InChI is InChI=1S/C14H18N4O4.ClH/c19-11-7-15-5-10(11)6-16-12(20)1-2-13-17-14(18-22-13)9-3-4-21-8-9;/h3-4,8,10-11,15,19H,1-2,5-7H2,(H,16,20);1H. The quantitative estimate of drug-likeness (QED) is 0.695. The maximum atomic E-state index is 11.8. The summed E-state index contributed by atoms with van der Waals surface area (Å²) in [5, 5.41) is 19.4. The molecule has 0 aliphatic carbocycles. The summed E-state index contributed by atoms with van der Waals surface area (Å²) in [6.45, 7) is 1.77. The topological polar surface area (TPSA) is 113 Å². The highest BCUT2D eigenvalue weighted by Crippen LogP contribution is 2.16. The number of nitrogens with zero attached hydrogens (tertiary/aromatic N) is 2. The van der Waals surface area contributed by atoms with Gasteiger partial charge in [0, 0.05) is 38.4 Å². The number of halogens is 1. The molecule has 8 nitrogen and oxygen atoms in total. The van der Waals surface area contributed by atoms with E-state index in [1.54, 1.807) is 6.07 Å². The Hall–Kier alpha value is -1.90. The summed E-state index contributed by atoms with van der Waals surface area (Å²) in [6.07, 6.45) is 3.31. The molecule has 1 saturated heterocycles. The van der Waals surface area contributed by atoms with Gasteiger partial charge >= 0.3 is 0 Å². The minimum Gasteiger partial charge on any atom is -0.472 e. The lowest BCUT2D eigenvalue weighted by atomic mass is 10.1. The number of carbonyl (C=O) groups is 1. The second kappa shape index (κ2) is 8.09. The first-order chi connectivity index (χ1) is 10.7. The van der Waals surface area contributed by atoms with E-state index in [2.05, 4.69) is 20.8 Å². The molecule has 1 amide bonds. The van der Waals surface area contributed by atoms with Crippen molar-refractivity contribution in [2.45, 2.75) is 18.9 Å². The Morgan fingerprint density at radius 2 is 2.35 bits per heavy atom. The first-order valence-corrected chi connectivity index (χ1v) is 7.23. The fourth-order valence-corrected chi connectivity index (χ4v) is 2.35. The number of nitrogens with one attached hydrogen (secondary N) is 2. The molecular weight excluding hydrogens is 324 g/mol. The Balaban J connectivity index is 0.00000192. The Morgan fingerprint density at radius 1 is 1.48 bits per heavy atom. The van der Waals surface area contributed by atoms with Crippen LogP contribution < -0.4 is 10.6 Å². The van der Waals surface area contributed by atoms with Crippen LogP contribution >= 0.6 is 12.4 Å². The van der Waals surface area contributed by atoms with Crippen LogP contribution in [0.2, 0.25) is 0 Å². The second-order valence-corrected chi connectivity index (χ2v) is 5.31. The summed E-state index contributed by atoms with van der Waals surface area (Å²) in [7, 11) is 0. The van der Waals surface area contributed by atoms with Crippen LogP contribution in [-0.4, -0.2) is 46.9 Å². The lowest BCUT2D eigenvalue weighted by Crippen LogP contribution is -2.34. The van der Waals surface area contributed by atoms with Crippen molar-refractivity contribution < 1.29 is 18.8 Å². The van der Waals surface area contributed by atoms with Gasteiger partial charge in [0.15, 0.2) is 0 Å². The van der Waals surface area contributed by atoms with Gasteiger partial charge in [0.05, 0.1) is 17.9 Å². The SMILES string of the molecule is Cl.O=C(CCc1nc(-c2ccoc2)no1)NCC1CNCC1O. The zero-order valence-corrected chi connectivity index (χ0v) is 13.2. The van der Waals surface area contributed by atoms with Gasteiger partial charge in [-0.25, -0.2) is 0 Å². The molecule has 23 heavy (non-hydrogen) atoms. The van der Waals surface area contributed by atoms with Crippen molar-refractivity contribution in [2.75, 3.05) is 19.6 Å². The van der Waals surface area contributed by atoms with Crippen LogP contribution in [0.25, 0.3) is 11.4 Å². The Morgan fingerprint density at radius 3 is 3.04 bits per heavy atom. The molecule has 3 heterocycles. The predicted molar refractivity (Wildman–Crippen MR) is 82.9 cm³/mol. The van der Waals surface area contributed by atoms with Gasteiger partial charge in [0.1, 0.15) is 6.26 Å². The van der Waals surface area contributed by atoms with Crippen LogP contribution in [0.3, 0.4) is 0 Å². The van der Waals surface area contributed by atoms with Crippen LogP contribution in [0.1, 0.15) is 12.3 Å². The molecule has 1 fully saturated rings. The van der Waals surface area contributed by atoms with Crippen LogP contribution in [0.15, 0.2) is 27.5 Å². The molecule has 126 valence electrons. The predicted octanol–water partition coefficient (Wildman–Crippen LogP) is 0.380. The molecule has 9 heteroatoms. The first kappa shape index (κ1) is 17.5. The minimum absolute atomic E-state index is 0. The van der Waals surface area contributed by atoms with E-state index in [1.165, 1.54) is 12.5 Å². The first-order valence-electron chi connectivity index (χ1n) is 7.23. The number of aryl methyl sites for hydroxylation is 1. The highest BCUT2D eigenvalue weighted by Gasteiger charge is 2.25. The van der Waals surface area contributed by atoms with Gasteiger partial charge in [-0.05, 0) is 6.07 Å². The summed E-state index contributed by atoms with van der Waals surface area (Å²) in [5.41, 5.74) is 0.738. The van der Waals surface area contributed by atoms with Crippen molar-refractivity contribution in [3.05, 3.63) is 24.5 Å². The van der Waals surface area contributed by atoms with E-state index in [1.807, 2.05) is 0 Å². The number of hydrogen-bond donors (Lipinski definition) is 3. The van der Waals surface area contributed by atoms with Gasteiger partial charge in [0.2, 0.25) is 17.6 Å². The molecule has 0 bridgehead atoms. The molecule has 2 aromatic heterocycles. The molecule has 1 aliphatic heterocycles. The molecule has 3 N–H and O–H groups in total. The van der Waals surface area contributed by atoms with E-state index in [-0.39, 0.29) is 30.7 Å². The van der Waals surface area contributed by atoms with Gasteiger partial charge in [0.25, 0.3) is 0 Å². The van der Waals surface area contributed by atoms with E-state index < -0.39 is 6.10 Å². The van der Waals surface area contributed by atoms with Crippen LogP contribution in [0.5, 0.6) is 0 Å². The van der Waals surface area contributed by atoms with E-state index in [0.717, 1.165) is 12.1 Å². The fraction of sp³-hybridized carbons (Fsp3) is 0.500. The Labute approximate surface area is 139 Å². The Bertz CT molecular complexity index is 616. The molecule has 3 rings (SSSR count). The summed E-state index contributed by atoms with van der Waals surface area (Å²) >= 11 is 0. The number of amides is 1. The van der Waals surface area contributed by atoms with E-state index >= 15 is 0 Å². The molecule has 0 spiro atoms. The minimum atomic E-state index is -0.395. The molecule has 2 unspecified atom stereocenters. The second-order valence-electron chi connectivity index (χ2n) is 5.31. The maximum Gasteiger partial charge on any atom is 0.227 e. The summed E-state index contributed by atoms with van der Waals surface area (Å²) in [6, 6.07) is 1.74. The van der Waals surface area contributed by atoms with Gasteiger partial charge in [-0.3, -0.25) is 4.79 Å². The summed E-state index contributed by atoms with van der Waals surface area (Å²) in [4.78, 5) is 16.0. The maximum absolute atomic E-state index is 11.8. The number of carbonyl (C=O) groups excluding carboxylic acids is 1. The highest BCUT2D eigenvalue weighted by atomic mass is 35.5. The number of β-amino-alcohol motifs (C(OH)–C–C–N with tert-alkyl or cyclic N) is 1. The molecule has 2 aromatic rings. The van der Waals surface area contributed by atoms with Gasteiger partial charge in [-0.15, -0.1) is 12.4 Å². The van der Waals surface area contributed by atoms with Crippen LogP contribution in [-0.2, 0) is 11.2 Å². The highest BCUT2D eigenvalue weighted by molar-refractivity contribution is 5.85. The van der Waals surface area contributed by atoms with Crippen molar-refractivity contribution >= 4 is 18.3 Å². The van der Waals surface area contributed by atoms with E-state index in [9.17, 15) is 9.90 Å². The Kier molecular flexibility index (Phi) is 6.14. The number of aliphatic hydroxyl groups excluding tert-OH is 1. The molecule has 0 aromatic carbocycles. The number of aromatic nitrogens is 2. The fourth-order valence-electron chi connectivity index (χ4n) is 2.35. The number of hydrogen-bond acceptors (Lipinski definition) is 7. The molecule has 0 saturated carbocycles. The zero-order chi connectivity index (χ0) is 15.4. The normalized spacial score (nSPS) is 20.2. The average Bonchev–Trinajstić information content (AvgIpc) is 3.24. The number of furan rings is 1. The lowest BCUT2D eigenvalue weighted by Gasteiger charge is -2.13. The third-order valence-electron chi connectivity index (χ3n) is 3.68. The summed E-state index contributed by atoms with van der Waals surface area (Å²) < 4.78 is 10.1. The van der Waals surface area contributed by atoms with Crippen molar-refractivity contribution in [3.63, 3.8) is 0 Å². The van der Waals surface area contributed by atoms with E-state index in [0.29, 0.717) is 31.2 Å². The third-order valence-corrected chi connectivity index (χ3v) is 3.68. The molecule has 2 atom stereocenters. The monoisotopic (exact) mass is 342 g/mol. The lowest BCUT2D eigenvalue weighted by molar-refractivity contribution is -0.121. The van der Waals surface area contributed by atoms with Crippen LogP contribution in [0.4, 0.5) is 0 Å². The molecular formula is C14H19ClN4O4. The molecule has 0 radical (unpaired) electrons. The zero-order valence-electron chi connectivity index (χ0n) is 12.4. The smallest absolute Gasteiger partial charge is 0.227 e. The van der Waals surface area contributed by atoms with Crippen molar-refractivity contribution in [3.8, 4) is 11.4 Å². The third kappa shape index (κ3) is 4.54. The average molecular weight is 343 g/mol. The van der Waals surface area contributed by atoms with Crippen molar-refractivity contribution in [1.82, 2.24) is 20.8 Å². The largest absolute Gasteiger partial charge is 0.472 e.